The van der Waals surface area contributed by atoms with Gasteiger partial charge < -0.3 is 10.8 Å². The molecule has 0 saturated heterocycles. The van der Waals surface area contributed by atoms with E-state index in [0.29, 0.717) is 11.1 Å². The molecule has 0 aromatic carbocycles. The molecule has 0 radical (unpaired) electrons. The lowest BCUT2D eigenvalue weighted by Crippen LogP contribution is -2.15. The Bertz CT molecular complexity index is 384. The molecule has 1 atom stereocenters. The van der Waals surface area contributed by atoms with Crippen LogP contribution in [0.25, 0.3) is 0 Å². The van der Waals surface area contributed by atoms with Crippen molar-refractivity contribution in [2.24, 2.45) is 5.73 Å². The average Bonchev–Trinajstić information content (AvgIpc) is 2.17. The summed E-state index contributed by atoms with van der Waals surface area (Å²) in [6.07, 6.45) is 2.70. The van der Waals surface area contributed by atoms with E-state index in [0.717, 1.165) is 0 Å². The summed E-state index contributed by atoms with van der Waals surface area (Å²) in [4.78, 5) is 14.2. The van der Waals surface area contributed by atoms with Gasteiger partial charge in [-0.05, 0) is 11.6 Å². The van der Waals surface area contributed by atoms with Crippen LogP contribution >= 0.6 is 0 Å². The van der Waals surface area contributed by atoms with Gasteiger partial charge >= 0.3 is 5.97 Å². The maximum Gasteiger partial charge on any atom is 0.305 e. The average molecular weight is 191 g/mol. The molecular formula is C9H9N3O2. The molecule has 0 aliphatic heterocycles. The number of pyridine rings is 1. The van der Waals surface area contributed by atoms with E-state index < -0.39 is 12.0 Å². The van der Waals surface area contributed by atoms with Crippen LogP contribution < -0.4 is 5.73 Å². The molecule has 0 aliphatic rings. The van der Waals surface area contributed by atoms with Crippen molar-refractivity contribution < 1.29 is 9.90 Å². The van der Waals surface area contributed by atoms with Gasteiger partial charge in [0.2, 0.25) is 0 Å². The van der Waals surface area contributed by atoms with Crippen LogP contribution in [0.4, 0.5) is 0 Å². The summed E-state index contributed by atoms with van der Waals surface area (Å²) >= 11 is 0. The second-order valence-electron chi connectivity index (χ2n) is 2.82. The summed E-state index contributed by atoms with van der Waals surface area (Å²) in [6.45, 7) is 0. The number of nitriles is 1. The first-order valence-corrected chi connectivity index (χ1v) is 3.96. The van der Waals surface area contributed by atoms with Gasteiger partial charge in [0.1, 0.15) is 6.07 Å². The van der Waals surface area contributed by atoms with E-state index in [-0.39, 0.29) is 6.42 Å². The van der Waals surface area contributed by atoms with Crippen LogP contribution in [0.3, 0.4) is 0 Å². The van der Waals surface area contributed by atoms with Crippen LogP contribution in [0.2, 0.25) is 0 Å². The summed E-state index contributed by atoms with van der Waals surface area (Å²) in [7, 11) is 0. The Hall–Kier alpha value is -1.93. The van der Waals surface area contributed by atoms with Crippen molar-refractivity contribution in [2.45, 2.75) is 12.5 Å². The van der Waals surface area contributed by atoms with Gasteiger partial charge in [0.25, 0.3) is 0 Å². The minimum absolute atomic E-state index is 0.170. The van der Waals surface area contributed by atoms with E-state index in [4.69, 9.17) is 16.1 Å². The molecule has 5 heteroatoms. The van der Waals surface area contributed by atoms with Crippen LogP contribution in [0.5, 0.6) is 0 Å². The number of hydrogen-bond donors (Lipinski definition) is 2. The Morgan fingerprint density at radius 3 is 3.00 bits per heavy atom. The molecule has 1 heterocycles. The molecule has 1 unspecified atom stereocenters. The molecule has 1 aromatic heterocycles. The molecule has 0 saturated carbocycles. The zero-order valence-electron chi connectivity index (χ0n) is 7.34. The van der Waals surface area contributed by atoms with Crippen molar-refractivity contribution in [2.75, 3.05) is 0 Å². The lowest BCUT2D eigenvalue weighted by Gasteiger charge is -2.08. The first kappa shape index (κ1) is 10.2. The minimum Gasteiger partial charge on any atom is -0.481 e. The number of hydrogen-bond acceptors (Lipinski definition) is 4. The SMILES string of the molecule is N#Cc1cncc(C(N)CC(=O)O)c1. The van der Waals surface area contributed by atoms with Crippen molar-refractivity contribution in [3.8, 4) is 6.07 Å². The van der Waals surface area contributed by atoms with Crippen LogP contribution in [-0.4, -0.2) is 16.1 Å². The third kappa shape index (κ3) is 2.54. The van der Waals surface area contributed by atoms with Gasteiger partial charge in [-0.1, -0.05) is 0 Å². The number of nitrogens with two attached hydrogens (primary N) is 1. The smallest absolute Gasteiger partial charge is 0.305 e. The Labute approximate surface area is 80.8 Å². The fourth-order valence-electron chi connectivity index (χ4n) is 1.03. The lowest BCUT2D eigenvalue weighted by atomic mass is 10.1. The molecule has 14 heavy (non-hydrogen) atoms. The molecule has 0 amide bonds. The van der Waals surface area contributed by atoms with E-state index in [9.17, 15) is 4.79 Å². The number of rotatable bonds is 3. The van der Waals surface area contributed by atoms with Gasteiger partial charge in [-0.2, -0.15) is 5.26 Å². The molecule has 0 spiro atoms. The standard InChI is InChI=1S/C9H9N3O2/c10-3-6-1-7(5-12-4-6)8(11)2-9(13)14/h1,4-5,8H,2,11H2,(H,13,14). The van der Waals surface area contributed by atoms with Gasteiger partial charge in [0.15, 0.2) is 0 Å². The van der Waals surface area contributed by atoms with Crippen LogP contribution in [0, 0.1) is 11.3 Å². The van der Waals surface area contributed by atoms with E-state index in [1.165, 1.54) is 12.4 Å². The van der Waals surface area contributed by atoms with Crippen LogP contribution in [-0.2, 0) is 4.79 Å². The Kier molecular flexibility index (Phi) is 3.15. The van der Waals surface area contributed by atoms with Gasteiger partial charge in [-0.25, -0.2) is 0 Å². The molecule has 0 fully saturated rings. The van der Waals surface area contributed by atoms with Crippen molar-refractivity contribution in [3.63, 3.8) is 0 Å². The van der Waals surface area contributed by atoms with Gasteiger partial charge in [0, 0.05) is 18.4 Å². The van der Waals surface area contributed by atoms with Crippen molar-refractivity contribution in [1.82, 2.24) is 4.98 Å². The Morgan fingerprint density at radius 1 is 1.71 bits per heavy atom. The molecule has 3 N–H and O–H groups in total. The largest absolute Gasteiger partial charge is 0.481 e. The monoisotopic (exact) mass is 191 g/mol. The summed E-state index contributed by atoms with van der Waals surface area (Å²) in [6, 6.07) is 2.84. The lowest BCUT2D eigenvalue weighted by molar-refractivity contribution is -0.137. The predicted molar refractivity (Wildman–Crippen MR) is 48.1 cm³/mol. The van der Waals surface area contributed by atoms with E-state index in [2.05, 4.69) is 4.98 Å². The second-order valence-corrected chi connectivity index (χ2v) is 2.82. The normalized spacial score (nSPS) is 11.7. The van der Waals surface area contributed by atoms with Crippen molar-refractivity contribution in [3.05, 3.63) is 29.6 Å². The molecule has 5 nitrogen and oxygen atoms in total. The maximum absolute atomic E-state index is 10.4. The summed E-state index contributed by atoms with van der Waals surface area (Å²) in [5, 5.41) is 17.1. The molecule has 1 aromatic rings. The first-order chi connectivity index (χ1) is 6.63. The molecule has 0 aliphatic carbocycles. The highest BCUT2D eigenvalue weighted by Gasteiger charge is 2.11. The number of carbonyl (C=O) groups is 1. The third-order valence-electron chi connectivity index (χ3n) is 1.71. The quantitative estimate of drug-likeness (QED) is 0.721. The fraction of sp³-hybridized carbons (Fsp3) is 0.222. The van der Waals surface area contributed by atoms with Crippen LogP contribution in [0.15, 0.2) is 18.5 Å². The number of carboxylic acids is 1. The molecule has 72 valence electrons. The van der Waals surface area contributed by atoms with Crippen molar-refractivity contribution >= 4 is 5.97 Å². The van der Waals surface area contributed by atoms with Crippen LogP contribution in [0.1, 0.15) is 23.6 Å². The Balaban J connectivity index is 2.85. The molecule has 1 rings (SSSR count). The number of carboxylic acid groups (broad SMARTS) is 1. The topological polar surface area (TPSA) is 100 Å². The highest BCUT2D eigenvalue weighted by Crippen LogP contribution is 2.13. The second kappa shape index (κ2) is 4.35. The van der Waals surface area contributed by atoms with E-state index >= 15 is 0 Å². The summed E-state index contributed by atoms with van der Waals surface area (Å²) < 4.78 is 0. The zero-order chi connectivity index (χ0) is 10.6. The van der Waals surface area contributed by atoms with Gasteiger partial charge in [0.05, 0.1) is 12.0 Å². The number of nitrogens with zero attached hydrogens (tertiary/aromatic N) is 2. The number of aromatic nitrogens is 1. The summed E-state index contributed by atoms with van der Waals surface area (Å²) in [5.41, 5.74) is 6.53. The maximum atomic E-state index is 10.4. The highest BCUT2D eigenvalue weighted by atomic mass is 16.4. The highest BCUT2D eigenvalue weighted by molar-refractivity contribution is 5.67. The summed E-state index contributed by atoms with van der Waals surface area (Å²) in [5.74, 6) is -0.972. The predicted octanol–water partition coefficient (Wildman–Crippen LogP) is 0.428. The molecule has 0 bridgehead atoms. The van der Waals surface area contributed by atoms with Gasteiger partial charge in [-0.3, -0.25) is 9.78 Å². The molecular weight excluding hydrogens is 182 g/mol. The van der Waals surface area contributed by atoms with E-state index in [1.54, 1.807) is 6.07 Å². The zero-order valence-corrected chi connectivity index (χ0v) is 7.34. The van der Waals surface area contributed by atoms with E-state index in [1.807, 2.05) is 6.07 Å². The fourth-order valence-corrected chi connectivity index (χ4v) is 1.03. The Morgan fingerprint density at radius 2 is 2.43 bits per heavy atom. The van der Waals surface area contributed by atoms with Crippen molar-refractivity contribution in [1.29, 1.82) is 5.26 Å². The number of aliphatic carboxylic acids is 1. The minimum atomic E-state index is -0.972. The first-order valence-electron chi connectivity index (χ1n) is 3.96. The van der Waals surface area contributed by atoms with Gasteiger partial charge in [-0.15, -0.1) is 0 Å². The third-order valence-corrected chi connectivity index (χ3v) is 1.71.